The van der Waals surface area contributed by atoms with E-state index >= 15 is 0 Å². The van der Waals surface area contributed by atoms with Gasteiger partial charge in [-0.3, -0.25) is 9.59 Å². The average Bonchev–Trinajstić information content (AvgIpc) is 2.64. The first-order valence-corrected chi connectivity index (χ1v) is 9.82. The number of carboxylic acid groups (broad SMARTS) is 1. The highest BCUT2D eigenvalue weighted by atomic mass is 32.2. The van der Waals surface area contributed by atoms with Crippen LogP contribution in [0.15, 0.2) is 63.9 Å². The van der Waals surface area contributed by atoms with E-state index in [4.69, 9.17) is 5.11 Å². The van der Waals surface area contributed by atoms with Gasteiger partial charge in [0.1, 0.15) is 4.90 Å². The van der Waals surface area contributed by atoms with Crippen molar-refractivity contribution < 1.29 is 23.1 Å². The number of Topliss-reactive ketones (excluding diaryl/α,β-unsaturated/α-hetero) is 1. The largest absolute Gasteiger partial charge is 0.481 e. The fourth-order valence-corrected chi connectivity index (χ4v) is 4.12. The van der Waals surface area contributed by atoms with Gasteiger partial charge in [0.15, 0.2) is 11.6 Å². The number of benzene rings is 2. The number of rotatable bonds is 7. The van der Waals surface area contributed by atoms with Gasteiger partial charge >= 0.3 is 5.97 Å². The summed E-state index contributed by atoms with van der Waals surface area (Å²) in [6, 6.07) is 15.3. The second kappa shape index (κ2) is 7.71. The Kier molecular flexibility index (Phi) is 5.36. The molecule has 7 nitrogen and oxygen atoms in total. The highest BCUT2D eigenvalue weighted by Crippen LogP contribution is 2.28. The molecule has 2 N–H and O–H groups in total. The summed E-state index contributed by atoms with van der Waals surface area (Å²) in [7, 11) is -3.94. The van der Waals surface area contributed by atoms with Crippen molar-refractivity contribution in [3.63, 3.8) is 0 Å². The highest BCUT2D eigenvalue weighted by molar-refractivity contribution is 7.90. The first-order valence-electron chi connectivity index (χ1n) is 8.38. The molecule has 3 rings (SSSR count). The highest BCUT2D eigenvalue weighted by Gasteiger charge is 2.28. The number of para-hydroxylation sites is 1. The molecule has 2 aromatic rings. The van der Waals surface area contributed by atoms with E-state index in [1.807, 2.05) is 30.3 Å². The maximum atomic E-state index is 12.5. The number of hydrogen-bond donors (Lipinski definition) is 2. The molecule has 2 aromatic carbocycles. The van der Waals surface area contributed by atoms with Crippen molar-refractivity contribution in [1.29, 1.82) is 0 Å². The van der Waals surface area contributed by atoms with Gasteiger partial charge in [0, 0.05) is 6.42 Å². The molecule has 27 heavy (non-hydrogen) atoms. The third kappa shape index (κ3) is 4.40. The first kappa shape index (κ1) is 18.8. The summed E-state index contributed by atoms with van der Waals surface area (Å²) >= 11 is 0. The maximum Gasteiger partial charge on any atom is 0.303 e. The molecule has 1 unspecified atom stereocenters. The van der Waals surface area contributed by atoms with Crippen LogP contribution in [0, 0.1) is 0 Å². The number of carbonyl (C=O) groups is 2. The number of hydrogen-bond acceptors (Lipinski definition) is 5. The lowest BCUT2D eigenvalue weighted by atomic mass is 9.90. The Balaban J connectivity index is 1.75. The Morgan fingerprint density at radius 2 is 1.70 bits per heavy atom. The van der Waals surface area contributed by atoms with Crippen LogP contribution in [0.4, 0.5) is 5.69 Å². The molecule has 0 bridgehead atoms. The lowest BCUT2D eigenvalue weighted by molar-refractivity contribution is -0.137. The zero-order valence-corrected chi connectivity index (χ0v) is 15.1. The minimum Gasteiger partial charge on any atom is -0.481 e. The van der Waals surface area contributed by atoms with Crippen LogP contribution < -0.4 is 5.32 Å². The van der Waals surface area contributed by atoms with Crippen molar-refractivity contribution in [2.75, 3.05) is 5.32 Å². The van der Waals surface area contributed by atoms with Gasteiger partial charge in [0.05, 0.1) is 12.1 Å². The quantitative estimate of drug-likeness (QED) is 0.756. The second-order valence-corrected chi connectivity index (χ2v) is 7.78. The fourth-order valence-electron chi connectivity index (χ4n) is 2.98. The monoisotopic (exact) mass is 386 g/mol. The Morgan fingerprint density at radius 3 is 2.41 bits per heavy atom. The standard InChI is InChI=1S/C19H18N2O5S/c22-16(11-10-14(12-18(23)24)13-6-2-1-3-7-13)19-20-15-8-4-5-9-17(15)27(25,26)21-19/h1-9,14H,10-12H2,(H,20,21)(H,23,24). The van der Waals surface area contributed by atoms with E-state index in [0.29, 0.717) is 5.69 Å². The number of nitrogens with zero attached hydrogens (tertiary/aromatic N) is 1. The number of anilines is 1. The van der Waals surface area contributed by atoms with E-state index in [0.717, 1.165) is 5.56 Å². The number of nitrogens with one attached hydrogen (secondary N) is 1. The number of aliphatic carboxylic acids is 1. The van der Waals surface area contributed by atoms with Crippen LogP contribution in [-0.2, 0) is 19.6 Å². The Labute approximate surface area is 156 Å². The number of carbonyl (C=O) groups excluding carboxylic acids is 1. The van der Waals surface area contributed by atoms with Gasteiger partial charge in [0.2, 0.25) is 0 Å². The molecular weight excluding hydrogens is 368 g/mol. The van der Waals surface area contributed by atoms with E-state index in [1.165, 1.54) is 6.07 Å². The van der Waals surface area contributed by atoms with Crippen LogP contribution in [-0.4, -0.2) is 31.1 Å². The zero-order chi connectivity index (χ0) is 19.4. The molecule has 1 atom stereocenters. The molecule has 0 aromatic heterocycles. The summed E-state index contributed by atoms with van der Waals surface area (Å²) in [5.41, 5.74) is 1.13. The van der Waals surface area contributed by atoms with E-state index in [1.54, 1.807) is 18.2 Å². The molecule has 0 amide bonds. The molecule has 8 heteroatoms. The zero-order valence-electron chi connectivity index (χ0n) is 14.3. The van der Waals surface area contributed by atoms with E-state index in [2.05, 4.69) is 9.71 Å². The minimum absolute atomic E-state index is 0.0175. The van der Waals surface area contributed by atoms with Gasteiger partial charge in [-0.15, -0.1) is 4.40 Å². The number of amidine groups is 1. The molecule has 0 saturated heterocycles. The smallest absolute Gasteiger partial charge is 0.303 e. The molecule has 0 radical (unpaired) electrons. The van der Waals surface area contributed by atoms with Crippen LogP contribution in [0.2, 0.25) is 0 Å². The fraction of sp³-hybridized carbons (Fsp3) is 0.211. The Morgan fingerprint density at radius 1 is 1.04 bits per heavy atom. The Bertz CT molecular complexity index is 1000. The maximum absolute atomic E-state index is 12.5. The molecule has 0 spiro atoms. The van der Waals surface area contributed by atoms with Gasteiger partial charge in [-0.2, -0.15) is 8.42 Å². The molecule has 1 heterocycles. The number of sulfonamides is 1. The molecule has 1 aliphatic rings. The van der Waals surface area contributed by atoms with Crippen molar-refractivity contribution in [3.8, 4) is 0 Å². The first-order chi connectivity index (χ1) is 12.9. The second-order valence-electron chi connectivity index (χ2n) is 6.20. The van der Waals surface area contributed by atoms with Crippen LogP contribution in [0.1, 0.15) is 30.7 Å². The number of fused-ring (bicyclic) bond motifs is 1. The lowest BCUT2D eigenvalue weighted by Gasteiger charge is -2.18. The van der Waals surface area contributed by atoms with Gasteiger partial charge < -0.3 is 10.4 Å². The molecular formula is C19H18N2O5S. The van der Waals surface area contributed by atoms with E-state index in [-0.39, 0.29) is 35.9 Å². The number of carboxylic acids is 1. The summed E-state index contributed by atoms with van der Waals surface area (Å²) in [5.74, 6) is -2.02. The van der Waals surface area contributed by atoms with Crippen LogP contribution in [0.25, 0.3) is 0 Å². The summed E-state index contributed by atoms with van der Waals surface area (Å²) in [5, 5.41) is 11.9. The summed E-state index contributed by atoms with van der Waals surface area (Å²) in [4.78, 5) is 23.7. The molecule has 0 aliphatic carbocycles. The summed E-state index contributed by atoms with van der Waals surface area (Å²) < 4.78 is 28.1. The molecule has 0 fully saturated rings. The van der Waals surface area contributed by atoms with Crippen molar-refractivity contribution in [2.45, 2.75) is 30.1 Å². The van der Waals surface area contributed by atoms with Crippen molar-refractivity contribution >= 4 is 33.3 Å². The number of ketones is 1. The molecule has 1 aliphatic heterocycles. The van der Waals surface area contributed by atoms with Crippen LogP contribution >= 0.6 is 0 Å². The predicted octanol–water partition coefficient (Wildman–Crippen LogP) is 2.81. The third-order valence-electron chi connectivity index (χ3n) is 4.31. The lowest BCUT2D eigenvalue weighted by Crippen LogP contribution is -2.29. The SMILES string of the molecule is O=C(O)CC(CCC(=O)C1=NS(=O)(=O)c2ccccc2N1)c1ccccc1. The van der Waals surface area contributed by atoms with E-state index < -0.39 is 21.8 Å². The summed E-state index contributed by atoms with van der Waals surface area (Å²) in [6.45, 7) is 0. The van der Waals surface area contributed by atoms with Gasteiger partial charge in [-0.1, -0.05) is 42.5 Å². The Hall–Kier alpha value is -3.00. The minimum atomic E-state index is -3.94. The van der Waals surface area contributed by atoms with Crippen molar-refractivity contribution in [2.24, 2.45) is 4.40 Å². The van der Waals surface area contributed by atoms with Crippen molar-refractivity contribution in [1.82, 2.24) is 0 Å². The third-order valence-corrected chi connectivity index (χ3v) is 5.64. The summed E-state index contributed by atoms with van der Waals surface area (Å²) in [6.07, 6.45) is 0.145. The molecule has 140 valence electrons. The predicted molar refractivity (Wildman–Crippen MR) is 100 cm³/mol. The van der Waals surface area contributed by atoms with Gasteiger partial charge in [0.25, 0.3) is 10.0 Å². The van der Waals surface area contributed by atoms with Crippen LogP contribution in [0.5, 0.6) is 0 Å². The van der Waals surface area contributed by atoms with Gasteiger partial charge in [-0.05, 0) is 30.0 Å². The normalized spacial score (nSPS) is 15.8. The van der Waals surface area contributed by atoms with Crippen LogP contribution in [0.3, 0.4) is 0 Å². The topological polar surface area (TPSA) is 113 Å². The average molecular weight is 386 g/mol. The van der Waals surface area contributed by atoms with E-state index in [9.17, 15) is 18.0 Å². The molecule has 0 saturated carbocycles. The van der Waals surface area contributed by atoms with Crippen molar-refractivity contribution in [3.05, 3.63) is 60.2 Å². The van der Waals surface area contributed by atoms with Gasteiger partial charge in [-0.25, -0.2) is 0 Å².